The van der Waals surface area contributed by atoms with Gasteiger partial charge in [-0.2, -0.15) is 0 Å². The van der Waals surface area contributed by atoms with Gasteiger partial charge in [-0.05, 0) is 31.2 Å². The third-order valence-corrected chi connectivity index (χ3v) is 2.59. The summed E-state index contributed by atoms with van der Waals surface area (Å²) in [5, 5.41) is 2.66. The Morgan fingerprint density at radius 1 is 1.42 bits per heavy atom. The molecule has 4 heteroatoms. The van der Waals surface area contributed by atoms with Gasteiger partial charge in [-0.25, -0.2) is 0 Å². The van der Waals surface area contributed by atoms with Crippen molar-refractivity contribution in [2.45, 2.75) is 13.5 Å². The van der Waals surface area contributed by atoms with Crippen LogP contribution < -0.4 is 15.0 Å². The molecule has 0 fully saturated rings. The van der Waals surface area contributed by atoms with Crippen molar-refractivity contribution >= 4 is 5.91 Å². The fraction of sp³-hybridized carbons (Fsp3) is 0.400. The summed E-state index contributed by atoms with van der Waals surface area (Å²) in [6.07, 6.45) is 5.09. The van der Waals surface area contributed by atoms with Crippen LogP contribution in [-0.4, -0.2) is 32.7 Å². The lowest BCUT2D eigenvalue weighted by Crippen LogP contribution is -3.08. The maximum absolute atomic E-state index is 11.5. The summed E-state index contributed by atoms with van der Waals surface area (Å²) < 4.78 is 5.38. The second-order valence-corrected chi connectivity index (χ2v) is 4.37. The van der Waals surface area contributed by atoms with Crippen molar-refractivity contribution in [3.63, 3.8) is 0 Å². The van der Waals surface area contributed by atoms with E-state index in [1.165, 1.54) is 5.56 Å². The number of rotatable bonds is 7. The number of amides is 1. The molecule has 1 amide bonds. The van der Waals surface area contributed by atoms with Gasteiger partial charge in [0.2, 0.25) is 0 Å². The minimum atomic E-state index is -0.0265. The molecule has 102 valence electrons. The Morgan fingerprint density at radius 2 is 2.11 bits per heavy atom. The Bertz CT molecular complexity index is 434. The summed E-state index contributed by atoms with van der Waals surface area (Å²) in [5.41, 5.74) is 1.17. The number of hydrogen-bond acceptors (Lipinski definition) is 2. The topological polar surface area (TPSA) is 42.8 Å². The molecule has 0 heterocycles. The molecule has 0 saturated carbocycles. The Kier molecular flexibility index (Phi) is 6.48. The maximum atomic E-state index is 11.5. The molecule has 0 aliphatic rings. The molecule has 1 rings (SSSR count). The molecule has 0 aromatic heterocycles. The number of likely N-dealkylation sites (N-methyl/N-ethyl adjacent to an activating group) is 1. The molecule has 2 N–H and O–H groups in total. The lowest BCUT2D eigenvalue weighted by Gasteiger charge is -2.13. The third kappa shape index (κ3) is 5.94. The van der Waals surface area contributed by atoms with E-state index in [0.717, 1.165) is 17.2 Å². The number of quaternary nitrogens is 1. The summed E-state index contributed by atoms with van der Waals surface area (Å²) in [5.74, 6) is 3.23. The van der Waals surface area contributed by atoms with Crippen LogP contribution in [0.5, 0.6) is 5.75 Å². The molecule has 0 spiro atoms. The van der Waals surface area contributed by atoms with Gasteiger partial charge in [0.15, 0.2) is 6.54 Å². The smallest absolute Gasteiger partial charge is 0.275 e. The van der Waals surface area contributed by atoms with Crippen LogP contribution in [0.3, 0.4) is 0 Å². The van der Waals surface area contributed by atoms with Crippen LogP contribution in [0.4, 0.5) is 0 Å². The SMILES string of the molecule is C#CCNC(=O)C[NH+](C)Cc1ccc(OCC)cc1. The molecule has 19 heavy (non-hydrogen) atoms. The fourth-order valence-corrected chi connectivity index (χ4v) is 1.77. The Hall–Kier alpha value is -1.99. The highest BCUT2D eigenvalue weighted by atomic mass is 16.5. The first-order valence-electron chi connectivity index (χ1n) is 6.39. The van der Waals surface area contributed by atoms with Gasteiger partial charge >= 0.3 is 0 Å². The van der Waals surface area contributed by atoms with Crippen molar-refractivity contribution in [1.29, 1.82) is 0 Å². The number of carbonyl (C=O) groups excluding carboxylic acids is 1. The number of hydrogen-bond donors (Lipinski definition) is 2. The van der Waals surface area contributed by atoms with E-state index in [4.69, 9.17) is 11.2 Å². The first kappa shape index (κ1) is 15.1. The normalized spacial score (nSPS) is 11.4. The van der Waals surface area contributed by atoms with E-state index in [1.807, 2.05) is 38.2 Å². The molecule has 4 nitrogen and oxygen atoms in total. The Labute approximate surface area is 114 Å². The summed E-state index contributed by atoms with van der Waals surface area (Å²) in [4.78, 5) is 12.6. The van der Waals surface area contributed by atoms with Crippen LogP contribution in [0.1, 0.15) is 12.5 Å². The zero-order valence-corrected chi connectivity index (χ0v) is 11.5. The Balaban J connectivity index is 2.41. The number of terminal acetylenes is 1. The van der Waals surface area contributed by atoms with Crippen LogP contribution >= 0.6 is 0 Å². The Morgan fingerprint density at radius 3 is 2.68 bits per heavy atom. The van der Waals surface area contributed by atoms with Gasteiger partial charge in [0.05, 0.1) is 20.2 Å². The van der Waals surface area contributed by atoms with Gasteiger partial charge in [-0.3, -0.25) is 4.79 Å². The zero-order valence-electron chi connectivity index (χ0n) is 11.5. The van der Waals surface area contributed by atoms with Crippen molar-refractivity contribution < 1.29 is 14.4 Å². The monoisotopic (exact) mass is 261 g/mol. The van der Waals surface area contributed by atoms with Gasteiger partial charge < -0.3 is 15.0 Å². The van der Waals surface area contributed by atoms with Crippen LogP contribution in [0.15, 0.2) is 24.3 Å². The zero-order chi connectivity index (χ0) is 14.1. The van der Waals surface area contributed by atoms with Crippen molar-refractivity contribution in [3.8, 4) is 18.1 Å². The van der Waals surface area contributed by atoms with Gasteiger partial charge in [0.25, 0.3) is 5.91 Å². The largest absolute Gasteiger partial charge is 0.494 e. The average molecular weight is 261 g/mol. The number of nitrogens with one attached hydrogen (secondary N) is 2. The molecular weight excluding hydrogens is 240 g/mol. The summed E-state index contributed by atoms with van der Waals surface area (Å²) in [6.45, 7) is 4.11. The summed E-state index contributed by atoms with van der Waals surface area (Å²) >= 11 is 0. The van der Waals surface area contributed by atoms with Crippen LogP contribution in [0.2, 0.25) is 0 Å². The van der Waals surface area contributed by atoms with Crippen molar-refractivity contribution in [3.05, 3.63) is 29.8 Å². The average Bonchev–Trinajstić information content (AvgIpc) is 2.39. The van der Waals surface area contributed by atoms with Gasteiger partial charge in [-0.1, -0.05) is 5.92 Å². The van der Waals surface area contributed by atoms with Gasteiger partial charge in [0, 0.05) is 5.56 Å². The quantitative estimate of drug-likeness (QED) is 0.670. The molecule has 1 unspecified atom stereocenters. The van der Waals surface area contributed by atoms with E-state index in [2.05, 4.69) is 11.2 Å². The molecule has 0 radical (unpaired) electrons. The van der Waals surface area contributed by atoms with Gasteiger partial charge in [0.1, 0.15) is 12.3 Å². The van der Waals surface area contributed by atoms with E-state index in [1.54, 1.807) is 0 Å². The fourth-order valence-electron chi connectivity index (χ4n) is 1.77. The van der Waals surface area contributed by atoms with Crippen LogP contribution in [0.25, 0.3) is 0 Å². The minimum absolute atomic E-state index is 0.0265. The highest BCUT2D eigenvalue weighted by Crippen LogP contribution is 2.11. The first-order chi connectivity index (χ1) is 9.15. The van der Waals surface area contributed by atoms with E-state index in [0.29, 0.717) is 13.2 Å². The van der Waals surface area contributed by atoms with E-state index >= 15 is 0 Å². The van der Waals surface area contributed by atoms with Crippen molar-refractivity contribution in [2.75, 3.05) is 26.7 Å². The molecule has 0 saturated heterocycles. The predicted molar refractivity (Wildman–Crippen MR) is 74.9 cm³/mol. The van der Waals surface area contributed by atoms with Crippen LogP contribution in [0, 0.1) is 12.3 Å². The lowest BCUT2D eigenvalue weighted by atomic mass is 10.2. The maximum Gasteiger partial charge on any atom is 0.275 e. The first-order valence-corrected chi connectivity index (χ1v) is 6.39. The third-order valence-electron chi connectivity index (χ3n) is 2.59. The highest BCUT2D eigenvalue weighted by Gasteiger charge is 2.09. The molecule has 0 aliphatic carbocycles. The van der Waals surface area contributed by atoms with E-state index in [9.17, 15) is 4.79 Å². The number of benzene rings is 1. The van der Waals surface area contributed by atoms with Crippen molar-refractivity contribution in [1.82, 2.24) is 5.32 Å². The summed E-state index contributed by atoms with van der Waals surface area (Å²) in [7, 11) is 1.98. The van der Waals surface area contributed by atoms with Gasteiger partial charge in [-0.15, -0.1) is 6.42 Å². The predicted octanol–water partition coefficient (Wildman–Crippen LogP) is -0.151. The second kappa shape index (κ2) is 8.17. The summed E-state index contributed by atoms with van der Waals surface area (Å²) in [6, 6.07) is 7.94. The number of carbonyl (C=O) groups is 1. The molecule has 0 bridgehead atoms. The minimum Gasteiger partial charge on any atom is -0.494 e. The van der Waals surface area contributed by atoms with E-state index < -0.39 is 0 Å². The number of ether oxygens (including phenoxy) is 1. The van der Waals surface area contributed by atoms with Crippen molar-refractivity contribution in [2.24, 2.45) is 0 Å². The van der Waals surface area contributed by atoms with E-state index in [-0.39, 0.29) is 12.5 Å². The molecule has 0 aliphatic heterocycles. The molecule has 1 atom stereocenters. The lowest BCUT2D eigenvalue weighted by molar-refractivity contribution is -0.885. The molecule has 1 aromatic carbocycles. The standard InChI is InChI=1S/C15H20N2O2/c1-4-10-16-15(18)12-17(3)11-13-6-8-14(9-7-13)19-5-2/h1,6-9H,5,10-12H2,2-3H3,(H,16,18)/p+1. The molecular formula is C15H21N2O2+. The highest BCUT2D eigenvalue weighted by molar-refractivity contribution is 5.77. The van der Waals surface area contributed by atoms with Crippen LogP contribution in [-0.2, 0) is 11.3 Å². The second-order valence-electron chi connectivity index (χ2n) is 4.37. The molecule has 1 aromatic rings.